The van der Waals surface area contributed by atoms with Crippen molar-refractivity contribution in [3.8, 4) is 0 Å². The summed E-state index contributed by atoms with van der Waals surface area (Å²) in [6.07, 6.45) is 3.80. The fraction of sp³-hybridized carbons (Fsp3) is 0.778. The molecule has 0 radical (unpaired) electrons. The van der Waals surface area contributed by atoms with Crippen LogP contribution in [0.25, 0.3) is 0 Å². The van der Waals surface area contributed by atoms with E-state index in [9.17, 15) is 0 Å². The summed E-state index contributed by atoms with van der Waals surface area (Å²) < 4.78 is 0. The molecular formula is C9H20O. The molecule has 0 heterocycles. The van der Waals surface area contributed by atoms with Crippen LogP contribution in [0, 0.1) is 5.92 Å². The lowest BCUT2D eigenvalue weighted by Gasteiger charge is -2.03. The van der Waals surface area contributed by atoms with Gasteiger partial charge in [0.25, 0.3) is 0 Å². The molecule has 0 aliphatic carbocycles. The van der Waals surface area contributed by atoms with Gasteiger partial charge in [0.2, 0.25) is 0 Å². The first kappa shape index (κ1) is 12.4. The highest BCUT2D eigenvalue weighted by Gasteiger charge is 1.95. The van der Waals surface area contributed by atoms with Gasteiger partial charge < -0.3 is 5.11 Å². The Hall–Kier alpha value is -0.300. The molecule has 1 nitrogen and oxygen atoms in total. The van der Waals surface area contributed by atoms with Crippen molar-refractivity contribution in [1.82, 2.24) is 0 Å². The first-order valence-electron chi connectivity index (χ1n) is 4.03. The predicted molar refractivity (Wildman–Crippen MR) is 47.0 cm³/mol. The predicted octanol–water partition coefficient (Wildman–Crippen LogP) is 2.61. The van der Waals surface area contributed by atoms with Crippen molar-refractivity contribution in [1.29, 1.82) is 0 Å². The Kier molecular flexibility index (Phi) is 14.2. The van der Waals surface area contributed by atoms with Gasteiger partial charge in [0.15, 0.2) is 0 Å². The van der Waals surface area contributed by atoms with Crippen molar-refractivity contribution < 1.29 is 5.11 Å². The smallest absolute Gasteiger partial charge is 0.0433 e. The highest BCUT2D eigenvalue weighted by atomic mass is 16.2. The van der Waals surface area contributed by atoms with Crippen LogP contribution in [0.3, 0.4) is 0 Å². The van der Waals surface area contributed by atoms with E-state index in [-0.39, 0.29) is 0 Å². The summed E-state index contributed by atoms with van der Waals surface area (Å²) in [5, 5.41) is 8.43. The molecule has 1 N–H and O–H groups in total. The summed E-state index contributed by atoms with van der Waals surface area (Å²) in [4.78, 5) is 0. The summed E-state index contributed by atoms with van der Waals surface area (Å²) in [7, 11) is 0. The number of allylic oxidation sites excluding steroid dienone is 1. The van der Waals surface area contributed by atoms with Gasteiger partial charge in [-0.3, -0.25) is 0 Å². The second-order valence-corrected chi connectivity index (χ2v) is 2.14. The molecule has 0 saturated heterocycles. The molecule has 0 rings (SSSR count). The maximum atomic E-state index is 8.43. The van der Waals surface area contributed by atoms with Crippen LogP contribution in [0.5, 0.6) is 0 Å². The van der Waals surface area contributed by atoms with Gasteiger partial charge in [-0.15, -0.1) is 6.58 Å². The van der Waals surface area contributed by atoms with Crippen molar-refractivity contribution in [2.75, 3.05) is 6.61 Å². The van der Waals surface area contributed by atoms with Crippen molar-refractivity contribution in [3.63, 3.8) is 0 Å². The van der Waals surface area contributed by atoms with Crippen LogP contribution in [0.1, 0.15) is 33.6 Å². The molecule has 10 heavy (non-hydrogen) atoms. The molecule has 0 saturated carbocycles. The van der Waals surface area contributed by atoms with Crippen LogP contribution in [0.15, 0.2) is 12.7 Å². The van der Waals surface area contributed by atoms with Gasteiger partial charge in [0.05, 0.1) is 0 Å². The lowest BCUT2D eigenvalue weighted by Crippen LogP contribution is -1.95. The monoisotopic (exact) mass is 144 g/mol. The Morgan fingerprint density at radius 2 is 2.00 bits per heavy atom. The maximum Gasteiger partial charge on any atom is 0.0433 e. The van der Waals surface area contributed by atoms with Gasteiger partial charge in [0.1, 0.15) is 0 Å². The van der Waals surface area contributed by atoms with Gasteiger partial charge in [0, 0.05) is 6.61 Å². The first-order valence-corrected chi connectivity index (χ1v) is 4.03. The Labute approximate surface area is 64.8 Å². The molecule has 1 atom stereocenters. The van der Waals surface area contributed by atoms with Gasteiger partial charge in [-0.2, -0.15) is 0 Å². The van der Waals surface area contributed by atoms with Crippen LogP contribution in [-0.4, -0.2) is 11.7 Å². The zero-order chi connectivity index (χ0) is 8.41. The molecule has 1 heteroatoms. The molecule has 0 aromatic heterocycles. The minimum atomic E-state index is 0.301. The quantitative estimate of drug-likeness (QED) is 0.601. The minimum absolute atomic E-state index is 0.301. The molecule has 0 aliphatic heterocycles. The average molecular weight is 144 g/mol. The Bertz CT molecular complexity index is 59.7. The van der Waals surface area contributed by atoms with Gasteiger partial charge in [-0.05, 0) is 18.8 Å². The third-order valence-electron chi connectivity index (χ3n) is 1.19. The molecule has 1 unspecified atom stereocenters. The number of rotatable bonds is 4. The Balaban J connectivity index is 0. The van der Waals surface area contributed by atoms with Crippen LogP contribution >= 0.6 is 0 Å². The van der Waals surface area contributed by atoms with Gasteiger partial charge >= 0.3 is 0 Å². The largest absolute Gasteiger partial charge is 0.396 e. The molecule has 0 aliphatic rings. The zero-order valence-electron chi connectivity index (χ0n) is 7.43. The van der Waals surface area contributed by atoms with Crippen LogP contribution in [-0.2, 0) is 0 Å². The fourth-order valence-corrected chi connectivity index (χ4v) is 0.623. The third kappa shape index (κ3) is 10.6. The fourth-order valence-electron chi connectivity index (χ4n) is 0.623. The Morgan fingerprint density at radius 1 is 1.50 bits per heavy atom. The summed E-state index contributed by atoms with van der Waals surface area (Å²) in [5.74, 6) is 0.595. The van der Waals surface area contributed by atoms with Crippen molar-refractivity contribution in [2.45, 2.75) is 33.6 Å². The number of aliphatic hydroxyl groups is 1. The van der Waals surface area contributed by atoms with Gasteiger partial charge in [-0.25, -0.2) is 0 Å². The minimum Gasteiger partial charge on any atom is -0.396 e. The van der Waals surface area contributed by atoms with Gasteiger partial charge in [-0.1, -0.05) is 26.8 Å². The summed E-state index contributed by atoms with van der Waals surface area (Å²) >= 11 is 0. The molecular weight excluding hydrogens is 124 g/mol. The van der Waals surface area contributed by atoms with Crippen molar-refractivity contribution >= 4 is 0 Å². The zero-order valence-corrected chi connectivity index (χ0v) is 7.43. The lowest BCUT2D eigenvalue weighted by atomic mass is 10.1. The third-order valence-corrected chi connectivity index (χ3v) is 1.19. The molecule has 0 amide bonds. The van der Waals surface area contributed by atoms with Crippen LogP contribution < -0.4 is 0 Å². The second-order valence-electron chi connectivity index (χ2n) is 2.14. The first-order chi connectivity index (χ1) is 4.81. The second kappa shape index (κ2) is 11.5. The van der Waals surface area contributed by atoms with E-state index < -0.39 is 0 Å². The van der Waals surface area contributed by atoms with E-state index in [1.54, 1.807) is 0 Å². The highest BCUT2D eigenvalue weighted by molar-refractivity contribution is 4.69. The van der Waals surface area contributed by atoms with E-state index in [0.29, 0.717) is 12.5 Å². The van der Waals surface area contributed by atoms with Crippen molar-refractivity contribution in [2.24, 2.45) is 5.92 Å². The molecule has 62 valence electrons. The molecule has 0 spiro atoms. The Morgan fingerprint density at radius 3 is 2.30 bits per heavy atom. The number of aliphatic hydroxyl groups excluding tert-OH is 1. The molecule has 0 aromatic carbocycles. The van der Waals surface area contributed by atoms with E-state index in [1.807, 2.05) is 19.9 Å². The SMILES string of the molecule is C=CCC(C)CCO.CC. The van der Waals surface area contributed by atoms with E-state index in [4.69, 9.17) is 5.11 Å². The number of hydrogen-bond acceptors (Lipinski definition) is 1. The number of hydrogen-bond donors (Lipinski definition) is 1. The summed E-state index contributed by atoms with van der Waals surface area (Å²) in [6, 6.07) is 0. The molecule has 0 fully saturated rings. The van der Waals surface area contributed by atoms with Crippen LogP contribution in [0.2, 0.25) is 0 Å². The molecule has 0 bridgehead atoms. The standard InChI is InChI=1S/C7H14O.C2H6/c1-3-4-7(2)5-6-8;1-2/h3,7-8H,1,4-6H2,2H3;1-2H3. The maximum absolute atomic E-state index is 8.43. The lowest BCUT2D eigenvalue weighted by molar-refractivity contribution is 0.263. The van der Waals surface area contributed by atoms with E-state index >= 15 is 0 Å². The summed E-state index contributed by atoms with van der Waals surface area (Å²) in [5.41, 5.74) is 0. The normalized spacial score (nSPS) is 11.2. The average Bonchev–Trinajstić information content (AvgIpc) is 1.93. The highest BCUT2D eigenvalue weighted by Crippen LogP contribution is 2.05. The molecule has 0 aromatic rings. The van der Waals surface area contributed by atoms with E-state index in [0.717, 1.165) is 12.8 Å². The van der Waals surface area contributed by atoms with E-state index in [2.05, 4.69) is 13.5 Å². The van der Waals surface area contributed by atoms with E-state index in [1.165, 1.54) is 0 Å². The van der Waals surface area contributed by atoms with Crippen LogP contribution in [0.4, 0.5) is 0 Å². The summed E-state index contributed by atoms with van der Waals surface area (Å²) in [6.45, 7) is 10.0. The topological polar surface area (TPSA) is 20.2 Å². The van der Waals surface area contributed by atoms with Crippen molar-refractivity contribution in [3.05, 3.63) is 12.7 Å².